The van der Waals surface area contributed by atoms with Crippen LogP contribution in [0, 0.1) is 0 Å². The molecule has 64 heavy (non-hydrogen) atoms. The molecule has 0 fully saturated rings. The van der Waals surface area contributed by atoms with Crippen molar-refractivity contribution in [1.29, 1.82) is 0 Å². The highest BCUT2D eigenvalue weighted by Gasteiger charge is 2.24. The van der Waals surface area contributed by atoms with Crippen LogP contribution in [0.3, 0.4) is 0 Å². The molecule has 0 saturated heterocycles. The molecule has 0 aliphatic heterocycles. The van der Waals surface area contributed by atoms with Crippen molar-refractivity contribution in [3.8, 4) is 77.9 Å². The maximum Gasteiger partial charge on any atom is 0.0794 e. The van der Waals surface area contributed by atoms with Crippen molar-refractivity contribution in [2.24, 2.45) is 0 Å². The molecule has 0 saturated carbocycles. The molecule has 0 aliphatic rings. The molecule has 0 bridgehead atoms. The Bertz CT molecular complexity index is 3580. The quantitative estimate of drug-likeness (QED) is 0.115. The largest absolute Gasteiger partial charge is 0.246 e. The van der Waals surface area contributed by atoms with Crippen LogP contribution >= 0.6 is 0 Å². The van der Waals surface area contributed by atoms with Crippen LogP contribution < -0.4 is 0 Å². The lowest BCUT2D eigenvalue weighted by molar-refractivity contribution is 1.52. The predicted octanol–water partition coefficient (Wildman–Crippen LogP) is 17.4. The SMILES string of the molecule is c1ccc(-c2cc(-c3ccc(-c4cccc(-c5c6ccc7ccccc7c6nc6c5ccc5ccccc56)c4)cc3)c(-c3ccccc3)c(-c3ccccc3)c2-c2ccccc2)cc1. The fourth-order valence-electron chi connectivity index (χ4n) is 9.88. The van der Waals surface area contributed by atoms with Gasteiger partial charge >= 0.3 is 0 Å². The summed E-state index contributed by atoms with van der Waals surface area (Å²) < 4.78 is 0. The van der Waals surface area contributed by atoms with Crippen LogP contribution in [0.1, 0.15) is 0 Å². The molecule has 12 rings (SSSR count). The van der Waals surface area contributed by atoms with Crippen molar-refractivity contribution in [2.75, 3.05) is 0 Å². The number of hydrogen-bond donors (Lipinski definition) is 0. The Hall–Kier alpha value is -8.39. The van der Waals surface area contributed by atoms with Gasteiger partial charge in [0.2, 0.25) is 0 Å². The highest BCUT2D eigenvalue weighted by molar-refractivity contribution is 6.21. The Morgan fingerprint density at radius 2 is 0.594 bits per heavy atom. The van der Waals surface area contributed by atoms with Crippen LogP contribution in [0.25, 0.3) is 121 Å². The van der Waals surface area contributed by atoms with E-state index in [4.69, 9.17) is 4.98 Å². The average Bonchev–Trinajstić information content (AvgIpc) is 3.38. The topological polar surface area (TPSA) is 12.9 Å². The molecule has 0 aliphatic carbocycles. The van der Waals surface area contributed by atoms with E-state index < -0.39 is 0 Å². The van der Waals surface area contributed by atoms with E-state index in [0.717, 1.165) is 32.9 Å². The van der Waals surface area contributed by atoms with E-state index in [2.05, 4.69) is 249 Å². The molecule has 12 aromatic rings. The molecule has 0 atom stereocenters. The summed E-state index contributed by atoms with van der Waals surface area (Å²) in [5.41, 5.74) is 18.8. The van der Waals surface area contributed by atoms with Gasteiger partial charge in [-0.05, 0) is 95.2 Å². The third-order valence-corrected chi connectivity index (χ3v) is 12.8. The van der Waals surface area contributed by atoms with E-state index in [1.807, 2.05) is 0 Å². The van der Waals surface area contributed by atoms with Gasteiger partial charge in [0, 0.05) is 27.1 Å². The zero-order chi connectivity index (χ0) is 42.4. The zero-order valence-corrected chi connectivity index (χ0v) is 35.1. The summed E-state index contributed by atoms with van der Waals surface area (Å²) in [6.07, 6.45) is 0. The third kappa shape index (κ3) is 6.46. The van der Waals surface area contributed by atoms with Gasteiger partial charge in [-0.25, -0.2) is 4.98 Å². The van der Waals surface area contributed by atoms with E-state index in [-0.39, 0.29) is 0 Å². The summed E-state index contributed by atoms with van der Waals surface area (Å²) >= 11 is 0. The molecular weight excluding hydrogens is 771 g/mol. The standard InChI is InChI=1S/C63H41N/c1-5-18-43(19-6-1)56-41-57(60(48-24-9-3-10-25-48)61(49-26-11-4-12-27-49)59(56)47-22-7-2-8-23-47)46-34-32-42(33-35-46)50-28-17-29-51(40-50)58-54-38-36-44-20-13-15-30-52(44)62(54)64-63-53-31-16-14-21-45(53)37-39-55(58)63/h1-41H. The zero-order valence-electron chi connectivity index (χ0n) is 35.1. The van der Waals surface area contributed by atoms with Crippen molar-refractivity contribution in [1.82, 2.24) is 4.98 Å². The second-order valence-electron chi connectivity index (χ2n) is 16.6. The van der Waals surface area contributed by atoms with Crippen LogP contribution in [-0.2, 0) is 0 Å². The molecule has 0 amide bonds. The van der Waals surface area contributed by atoms with Gasteiger partial charge in [0.05, 0.1) is 11.0 Å². The van der Waals surface area contributed by atoms with Crippen molar-refractivity contribution in [3.05, 3.63) is 249 Å². The highest BCUT2D eigenvalue weighted by Crippen LogP contribution is 2.50. The average molecular weight is 812 g/mol. The number of fused-ring (bicyclic) bond motifs is 6. The number of hydrogen-bond acceptors (Lipinski definition) is 1. The molecule has 1 aromatic heterocycles. The summed E-state index contributed by atoms with van der Waals surface area (Å²) in [5.74, 6) is 0. The van der Waals surface area contributed by atoms with E-state index >= 15 is 0 Å². The fourth-order valence-corrected chi connectivity index (χ4v) is 9.88. The van der Waals surface area contributed by atoms with Crippen LogP contribution in [0.15, 0.2) is 249 Å². The second-order valence-corrected chi connectivity index (χ2v) is 16.6. The van der Waals surface area contributed by atoms with E-state index in [0.29, 0.717) is 0 Å². The van der Waals surface area contributed by atoms with Crippen molar-refractivity contribution < 1.29 is 0 Å². The highest BCUT2D eigenvalue weighted by atomic mass is 14.7. The summed E-state index contributed by atoms with van der Waals surface area (Å²) in [6.45, 7) is 0. The van der Waals surface area contributed by atoms with Gasteiger partial charge in [-0.15, -0.1) is 0 Å². The maximum atomic E-state index is 5.44. The van der Waals surface area contributed by atoms with Gasteiger partial charge < -0.3 is 0 Å². The lowest BCUT2D eigenvalue weighted by Gasteiger charge is -2.24. The van der Waals surface area contributed by atoms with Crippen LogP contribution in [-0.4, -0.2) is 4.98 Å². The molecule has 1 nitrogen and oxygen atoms in total. The third-order valence-electron chi connectivity index (χ3n) is 12.8. The van der Waals surface area contributed by atoms with Crippen molar-refractivity contribution in [2.45, 2.75) is 0 Å². The first-order valence-corrected chi connectivity index (χ1v) is 22.0. The number of nitrogens with zero attached hydrogens (tertiary/aromatic N) is 1. The summed E-state index contributed by atoms with van der Waals surface area (Å²) in [7, 11) is 0. The first-order valence-electron chi connectivity index (χ1n) is 22.0. The second kappa shape index (κ2) is 15.8. The monoisotopic (exact) mass is 811 g/mol. The van der Waals surface area contributed by atoms with E-state index in [1.165, 1.54) is 88.3 Å². The number of benzene rings is 11. The first-order chi connectivity index (χ1) is 31.8. The molecular formula is C63H41N. The molecule has 0 N–H and O–H groups in total. The smallest absolute Gasteiger partial charge is 0.0794 e. The molecule has 298 valence electrons. The summed E-state index contributed by atoms with van der Waals surface area (Å²) in [4.78, 5) is 5.44. The lowest BCUT2D eigenvalue weighted by atomic mass is 9.79. The van der Waals surface area contributed by atoms with Crippen molar-refractivity contribution in [3.63, 3.8) is 0 Å². The Kier molecular flexibility index (Phi) is 9.24. The van der Waals surface area contributed by atoms with Crippen LogP contribution in [0.4, 0.5) is 0 Å². The normalized spacial score (nSPS) is 11.4. The van der Waals surface area contributed by atoms with Gasteiger partial charge in [-0.3, -0.25) is 0 Å². The summed E-state index contributed by atoms with van der Waals surface area (Å²) in [5, 5.41) is 7.04. The van der Waals surface area contributed by atoms with Crippen molar-refractivity contribution >= 4 is 43.4 Å². The van der Waals surface area contributed by atoms with E-state index in [1.54, 1.807) is 0 Å². The first kappa shape index (κ1) is 37.4. The maximum absolute atomic E-state index is 5.44. The minimum absolute atomic E-state index is 1.03. The van der Waals surface area contributed by atoms with Gasteiger partial charge in [-0.1, -0.05) is 237 Å². The Morgan fingerprint density at radius 1 is 0.203 bits per heavy atom. The fraction of sp³-hybridized carbons (Fsp3) is 0. The van der Waals surface area contributed by atoms with Crippen LogP contribution in [0.2, 0.25) is 0 Å². The van der Waals surface area contributed by atoms with E-state index in [9.17, 15) is 0 Å². The number of rotatable bonds is 7. The Labute approximate surface area is 373 Å². The molecule has 0 radical (unpaired) electrons. The Balaban J connectivity index is 1.06. The Morgan fingerprint density at radius 3 is 1.11 bits per heavy atom. The van der Waals surface area contributed by atoms with Gasteiger partial charge in [0.25, 0.3) is 0 Å². The minimum atomic E-state index is 1.03. The molecule has 0 spiro atoms. The molecule has 1 heterocycles. The summed E-state index contributed by atoms with van der Waals surface area (Å²) in [6, 6.07) is 90.4. The van der Waals surface area contributed by atoms with Gasteiger partial charge in [0.1, 0.15) is 0 Å². The minimum Gasteiger partial charge on any atom is -0.246 e. The molecule has 0 unspecified atom stereocenters. The molecule has 1 heteroatoms. The lowest BCUT2D eigenvalue weighted by Crippen LogP contribution is -1.98. The van der Waals surface area contributed by atoms with Crippen LogP contribution in [0.5, 0.6) is 0 Å². The van der Waals surface area contributed by atoms with Gasteiger partial charge in [-0.2, -0.15) is 0 Å². The number of pyridine rings is 1. The van der Waals surface area contributed by atoms with Gasteiger partial charge in [0.15, 0.2) is 0 Å². The molecule has 11 aromatic carbocycles. The number of aromatic nitrogens is 1. The predicted molar refractivity (Wildman–Crippen MR) is 272 cm³/mol.